The Kier molecular flexibility index (Phi) is 7.70. The van der Waals surface area contributed by atoms with E-state index in [-0.39, 0.29) is 6.10 Å². The van der Waals surface area contributed by atoms with Crippen LogP contribution in [-0.4, -0.2) is 18.5 Å². The maximum Gasteiger partial charge on any atom is 0.163 e. The van der Waals surface area contributed by atoms with Crippen LogP contribution < -0.4 is 0 Å². The van der Waals surface area contributed by atoms with Crippen molar-refractivity contribution in [1.82, 2.24) is 0 Å². The summed E-state index contributed by atoms with van der Waals surface area (Å²) in [7, 11) is 0. The Hall–Kier alpha value is -1.00. The molecule has 1 rings (SSSR count). The molecule has 0 unspecified atom stereocenters. The number of rotatable bonds is 6. The van der Waals surface area contributed by atoms with E-state index in [9.17, 15) is 0 Å². The molecule has 0 aromatic heterocycles. The summed E-state index contributed by atoms with van der Waals surface area (Å²) in [6, 6.07) is 0. The van der Waals surface area contributed by atoms with Gasteiger partial charge < -0.3 is 9.47 Å². The SMILES string of the molecule is CCCCC#CC(=C=CCCCC)[C@@H]1COC(C)(C)O1. The minimum atomic E-state index is -0.508. The largest absolute Gasteiger partial charge is 0.347 e. The molecule has 2 heteroatoms. The van der Waals surface area contributed by atoms with Crippen molar-refractivity contribution in [2.45, 2.75) is 78.1 Å². The Labute approximate surface area is 124 Å². The molecule has 0 aliphatic carbocycles. The molecular formula is C18H28O2. The molecule has 0 aromatic rings. The third-order valence-electron chi connectivity index (χ3n) is 3.17. The maximum atomic E-state index is 5.88. The lowest BCUT2D eigenvalue weighted by Crippen LogP contribution is -2.22. The topological polar surface area (TPSA) is 18.5 Å². The third kappa shape index (κ3) is 6.44. The first-order chi connectivity index (χ1) is 9.59. The highest BCUT2D eigenvalue weighted by Gasteiger charge is 2.34. The van der Waals surface area contributed by atoms with Crippen molar-refractivity contribution in [1.29, 1.82) is 0 Å². The number of hydrogen-bond donors (Lipinski definition) is 0. The van der Waals surface area contributed by atoms with E-state index in [2.05, 4.69) is 37.5 Å². The van der Waals surface area contributed by atoms with Crippen molar-refractivity contribution < 1.29 is 9.47 Å². The van der Waals surface area contributed by atoms with Crippen molar-refractivity contribution in [3.63, 3.8) is 0 Å². The van der Waals surface area contributed by atoms with Gasteiger partial charge in [-0.25, -0.2) is 0 Å². The van der Waals surface area contributed by atoms with E-state index in [0.29, 0.717) is 6.61 Å². The van der Waals surface area contributed by atoms with Gasteiger partial charge in [-0.05, 0) is 39.2 Å². The van der Waals surface area contributed by atoms with Gasteiger partial charge in [0.1, 0.15) is 6.10 Å². The van der Waals surface area contributed by atoms with Gasteiger partial charge >= 0.3 is 0 Å². The van der Waals surface area contributed by atoms with Crippen molar-refractivity contribution in [3.8, 4) is 11.8 Å². The van der Waals surface area contributed by atoms with Gasteiger partial charge in [0.2, 0.25) is 0 Å². The Bertz CT molecular complexity index is 403. The zero-order chi connectivity index (χ0) is 14.8. The van der Waals surface area contributed by atoms with E-state index in [4.69, 9.17) is 9.47 Å². The summed E-state index contributed by atoms with van der Waals surface area (Å²) in [5.41, 5.74) is 4.26. The maximum absolute atomic E-state index is 5.88. The molecule has 0 amide bonds. The van der Waals surface area contributed by atoms with Crippen LogP contribution in [-0.2, 0) is 9.47 Å². The van der Waals surface area contributed by atoms with E-state index >= 15 is 0 Å². The van der Waals surface area contributed by atoms with Crippen LogP contribution in [0.15, 0.2) is 17.4 Å². The minimum absolute atomic E-state index is 0.0722. The lowest BCUT2D eigenvalue weighted by atomic mass is 10.1. The Balaban J connectivity index is 2.73. The first-order valence-corrected chi connectivity index (χ1v) is 7.84. The second kappa shape index (κ2) is 9.03. The fraction of sp³-hybridized carbons (Fsp3) is 0.722. The van der Waals surface area contributed by atoms with Gasteiger partial charge in [0.15, 0.2) is 5.79 Å². The minimum Gasteiger partial charge on any atom is -0.347 e. The van der Waals surface area contributed by atoms with E-state index in [0.717, 1.165) is 24.8 Å². The monoisotopic (exact) mass is 276 g/mol. The molecule has 0 bridgehead atoms. The molecular weight excluding hydrogens is 248 g/mol. The molecule has 0 spiro atoms. The molecule has 0 aromatic carbocycles. The smallest absolute Gasteiger partial charge is 0.163 e. The lowest BCUT2D eigenvalue weighted by Gasteiger charge is -2.16. The van der Waals surface area contributed by atoms with E-state index < -0.39 is 5.79 Å². The van der Waals surface area contributed by atoms with Gasteiger partial charge in [-0.1, -0.05) is 38.5 Å². The molecule has 1 aliphatic rings. The summed E-state index contributed by atoms with van der Waals surface area (Å²) in [6.45, 7) is 8.82. The van der Waals surface area contributed by atoms with Crippen LogP contribution >= 0.6 is 0 Å². The van der Waals surface area contributed by atoms with E-state index in [1.807, 2.05) is 13.8 Å². The fourth-order valence-electron chi connectivity index (χ4n) is 1.95. The van der Waals surface area contributed by atoms with Gasteiger partial charge in [-0.2, -0.15) is 0 Å². The Morgan fingerprint density at radius 2 is 2.00 bits per heavy atom. The summed E-state index contributed by atoms with van der Waals surface area (Å²) in [5.74, 6) is 5.95. The van der Waals surface area contributed by atoms with Crippen molar-refractivity contribution in [3.05, 3.63) is 17.4 Å². The number of ether oxygens (including phenoxy) is 2. The average Bonchev–Trinajstić information content (AvgIpc) is 2.77. The summed E-state index contributed by atoms with van der Waals surface area (Å²) in [5, 5.41) is 0. The zero-order valence-electron chi connectivity index (χ0n) is 13.4. The molecule has 0 radical (unpaired) electrons. The molecule has 1 atom stereocenters. The number of hydrogen-bond acceptors (Lipinski definition) is 2. The first-order valence-electron chi connectivity index (χ1n) is 7.84. The molecule has 1 heterocycles. The molecule has 1 fully saturated rings. The van der Waals surface area contributed by atoms with Gasteiger partial charge in [0.05, 0.1) is 12.2 Å². The molecule has 1 saturated heterocycles. The van der Waals surface area contributed by atoms with Gasteiger partial charge in [-0.3, -0.25) is 0 Å². The van der Waals surface area contributed by atoms with Crippen LogP contribution in [0.4, 0.5) is 0 Å². The molecule has 20 heavy (non-hydrogen) atoms. The van der Waals surface area contributed by atoms with Crippen LogP contribution in [0.25, 0.3) is 0 Å². The molecule has 112 valence electrons. The molecule has 0 saturated carbocycles. The quantitative estimate of drug-likeness (QED) is 0.401. The Morgan fingerprint density at radius 1 is 1.25 bits per heavy atom. The van der Waals surface area contributed by atoms with E-state index in [1.54, 1.807) is 0 Å². The summed E-state index contributed by atoms with van der Waals surface area (Å²) in [4.78, 5) is 0. The molecule has 2 nitrogen and oxygen atoms in total. The summed E-state index contributed by atoms with van der Waals surface area (Å²) >= 11 is 0. The molecule has 0 N–H and O–H groups in total. The van der Waals surface area contributed by atoms with Crippen LogP contribution in [0.5, 0.6) is 0 Å². The van der Waals surface area contributed by atoms with Crippen LogP contribution in [0.1, 0.15) is 66.2 Å². The van der Waals surface area contributed by atoms with Crippen LogP contribution in [0, 0.1) is 11.8 Å². The third-order valence-corrected chi connectivity index (χ3v) is 3.17. The number of unbranched alkanes of at least 4 members (excludes halogenated alkanes) is 4. The zero-order valence-corrected chi connectivity index (χ0v) is 13.4. The highest BCUT2D eigenvalue weighted by Crippen LogP contribution is 2.26. The predicted molar refractivity (Wildman–Crippen MR) is 83.3 cm³/mol. The molecule has 1 aliphatic heterocycles. The van der Waals surface area contributed by atoms with Crippen molar-refractivity contribution in [2.24, 2.45) is 0 Å². The van der Waals surface area contributed by atoms with Gasteiger partial charge in [-0.15, -0.1) is 5.73 Å². The predicted octanol–water partition coefficient (Wildman–Crippen LogP) is 4.60. The highest BCUT2D eigenvalue weighted by molar-refractivity contribution is 5.32. The standard InChI is InChI=1S/C18H28O2/c1-5-7-9-11-13-16(14-12-10-8-6-2)17-15-19-18(3,4)20-17/h11,17H,5-10,15H2,1-4H3/t13?,17-/m0/s1. The summed E-state index contributed by atoms with van der Waals surface area (Å²) in [6.07, 6.45) is 8.72. The first kappa shape index (κ1) is 17.1. The average molecular weight is 276 g/mol. The van der Waals surface area contributed by atoms with Gasteiger partial charge in [0.25, 0.3) is 0 Å². The van der Waals surface area contributed by atoms with Gasteiger partial charge in [0, 0.05) is 6.42 Å². The fourth-order valence-corrected chi connectivity index (χ4v) is 1.95. The normalized spacial score (nSPS) is 19.9. The highest BCUT2D eigenvalue weighted by atomic mass is 16.7. The van der Waals surface area contributed by atoms with Crippen molar-refractivity contribution >= 4 is 0 Å². The second-order valence-corrected chi connectivity index (χ2v) is 5.63. The second-order valence-electron chi connectivity index (χ2n) is 5.63. The van der Waals surface area contributed by atoms with E-state index in [1.165, 1.54) is 19.3 Å². The lowest BCUT2D eigenvalue weighted by molar-refractivity contribution is -0.133. The van der Waals surface area contributed by atoms with Crippen LogP contribution in [0.2, 0.25) is 0 Å². The van der Waals surface area contributed by atoms with Crippen LogP contribution in [0.3, 0.4) is 0 Å². The Morgan fingerprint density at radius 3 is 2.60 bits per heavy atom. The van der Waals surface area contributed by atoms with Crippen molar-refractivity contribution in [2.75, 3.05) is 6.61 Å². The summed E-state index contributed by atoms with van der Waals surface area (Å²) < 4.78 is 11.5.